The molecule has 17 heavy (non-hydrogen) atoms. The quantitative estimate of drug-likeness (QED) is 0.748. The topological polar surface area (TPSA) is 60.2 Å². The van der Waals surface area contributed by atoms with E-state index < -0.39 is 11.6 Å². The van der Waals surface area contributed by atoms with Gasteiger partial charge in [-0.05, 0) is 18.8 Å². The average molecular weight is 243 g/mol. The molecule has 0 saturated heterocycles. The monoisotopic (exact) mass is 243 g/mol. The van der Waals surface area contributed by atoms with Gasteiger partial charge in [0.05, 0.1) is 6.61 Å². The van der Waals surface area contributed by atoms with Crippen LogP contribution in [0.3, 0.4) is 0 Å². The minimum atomic E-state index is -0.849. The number of nitrogens with one attached hydrogen (secondary N) is 1. The van der Waals surface area contributed by atoms with Gasteiger partial charge in [0.15, 0.2) is 23.3 Å². The Bertz CT molecular complexity index is 397. The summed E-state index contributed by atoms with van der Waals surface area (Å²) >= 11 is 0. The summed E-state index contributed by atoms with van der Waals surface area (Å²) in [7, 11) is 0. The van der Waals surface area contributed by atoms with E-state index in [1.165, 1.54) is 12.8 Å². The third kappa shape index (κ3) is 3.52. The number of nitrogen functional groups attached to an aromatic ring is 1. The lowest BCUT2D eigenvalue weighted by atomic mass is 10.4. The second-order valence-corrected chi connectivity index (χ2v) is 4.13. The highest BCUT2D eigenvalue weighted by atomic mass is 19.1. The number of nitrogens with two attached hydrogens (primary N) is 1. The van der Waals surface area contributed by atoms with E-state index in [0.717, 1.165) is 12.7 Å². The molecule has 1 aromatic heterocycles. The lowest BCUT2D eigenvalue weighted by molar-refractivity contribution is 0.134. The number of ether oxygens (including phenoxy) is 1. The summed E-state index contributed by atoms with van der Waals surface area (Å²) in [5.74, 6) is -1.25. The van der Waals surface area contributed by atoms with E-state index in [9.17, 15) is 8.78 Å². The second kappa shape index (κ2) is 5.27. The van der Waals surface area contributed by atoms with Gasteiger partial charge >= 0.3 is 0 Å². The smallest absolute Gasteiger partial charge is 0.168 e. The molecule has 2 rings (SSSR count). The van der Waals surface area contributed by atoms with Crippen LogP contribution in [0.15, 0.2) is 6.07 Å². The molecule has 3 N–H and O–H groups in total. The maximum atomic E-state index is 13.2. The van der Waals surface area contributed by atoms with Gasteiger partial charge in [-0.25, -0.2) is 13.8 Å². The van der Waals surface area contributed by atoms with Crippen molar-refractivity contribution in [1.29, 1.82) is 0 Å². The third-order valence-corrected chi connectivity index (χ3v) is 2.55. The van der Waals surface area contributed by atoms with Crippen molar-refractivity contribution in [3.8, 4) is 0 Å². The molecule has 1 aliphatic carbocycles. The van der Waals surface area contributed by atoms with E-state index in [-0.39, 0.29) is 11.6 Å². The molecule has 1 aliphatic rings. The van der Waals surface area contributed by atoms with Crippen LogP contribution in [0.1, 0.15) is 12.8 Å². The molecule has 0 radical (unpaired) electrons. The molecule has 4 nitrogen and oxygen atoms in total. The van der Waals surface area contributed by atoms with Crippen LogP contribution >= 0.6 is 0 Å². The Balaban J connectivity index is 1.75. The fraction of sp³-hybridized carbons (Fsp3) is 0.545. The highest BCUT2D eigenvalue weighted by Crippen LogP contribution is 2.28. The summed E-state index contributed by atoms with van der Waals surface area (Å²) in [4.78, 5) is 3.58. The van der Waals surface area contributed by atoms with Crippen molar-refractivity contribution < 1.29 is 13.5 Å². The number of hydrogen-bond acceptors (Lipinski definition) is 4. The minimum Gasteiger partial charge on any atom is -0.381 e. The molecule has 6 heteroatoms. The van der Waals surface area contributed by atoms with Crippen molar-refractivity contribution >= 4 is 11.6 Å². The van der Waals surface area contributed by atoms with E-state index in [1.54, 1.807) is 0 Å². The summed E-state index contributed by atoms with van der Waals surface area (Å²) in [5.41, 5.74) is 5.24. The summed E-state index contributed by atoms with van der Waals surface area (Å²) in [5, 5.41) is 2.72. The Morgan fingerprint density at radius 2 is 2.18 bits per heavy atom. The lowest BCUT2D eigenvalue weighted by Gasteiger charge is -2.08. The van der Waals surface area contributed by atoms with Gasteiger partial charge in [-0.15, -0.1) is 0 Å². The first kappa shape index (κ1) is 12.0. The van der Waals surface area contributed by atoms with Crippen LogP contribution in [-0.4, -0.2) is 24.7 Å². The second-order valence-electron chi connectivity index (χ2n) is 4.13. The maximum Gasteiger partial charge on any atom is 0.168 e. The number of nitrogens with zero attached hydrogens (tertiary/aromatic N) is 1. The molecule has 1 aromatic rings. The van der Waals surface area contributed by atoms with Gasteiger partial charge < -0.3 is 15.8 Å². The number of halogens is 2. The van der Waals surface area contributed by atoms with Crippen LogP contribution in [0.4, 0.5) is 20.4 Å². The van der Waals surface area contributed by atoms with Crippen LogP contribution in [0.5, 0.6) is 0 Å². The van der Waals surface area contributed by atoms with Crippen LogP contribution in [0, 0.1) is 17.6 Å². The van der Waals surface area contributed by atoms with Crippen LogP contribution in [0.2, 0.25) is 0 Å². The van der Waals surface area contributed by atoms with E-state index in [1.807, 2.05) is 0 Å². The molecule has 0 amide bonds. The van der Waals surface area contributed by atoms with Gasteiger partial charge in [0.2, 0.25) is 0 Å². The molecule has 0 unspecified atom stereocenters. The van der Waals surface area contributed by atoms with Crippen molar-refractivity contribution in [3.63, 3.8) is 0 Å². The van der Waals surface area contributed by atoms with Gasteiger partial charge in [-0.1, -0.05) is 0 Å². The predicted molar refractivity (Wildman–Crippen MR) is 60.6 cm³/mol. The SMILES string of the molecule is Nc1nc(NCCOCC2CC2)c(F)cc1F. The van der Waals surface area contributed by atoms with Crippen LogP contribution in [-0.2, 0) is 4.74 Å². The molecule has 1 fully saturated rings. The molecule has 1 saturated carbocycles. The number of rotatable bonds is 6. The van der Waals surface area contributed by atoms with Crippen molar-refractivity contribution in [2.45, 2.75) is 12.8 Å². The van der Waals surface area contributed by atoms with Crippen LogP contribution < -0.4 is 11.1 Å². The van der Waals surface area contributed by atoms with Gasteiger partial charge in [-0.2, -0.15) is 0 Å². The Morgan fingerprint density at radius 3 is 2.88 bits per heavy atom. The minimum absolute atomic E-state index is 0.0427. The molecule has 0 atom stereocenters. The first-order valence-electron chi connectivity index (χ1n) is 5.60. The molecule has 0 bridgehead atoms. The summed E-state index contributed by atoms with van der Waals surface area (Å²) in [6, 6.07) is 0.718. The molecular formula is C11H15F2N3O. The van der Waals surface area contributed by atoms with Crippen molar-refractivity contribution in [1.82, 2.24) is 4.98 Å². The highest BCUT2D eigenvalue weighted by Gasteiger charge is 2.20. The zero-order valence-electron chi connectivity index (χ0n) is 9.38. The fourth-order valence-electron chi connectivity index (χ4n) is 1.38. The Kier molecular flexibility index (Phi) is 3.73. The van der Waals surface area contributed by atoms with Gasteiger partial charge in [0, 0.05) is 19.2 Å². The zero-order chi connectivity index (χ0) is 12.3. The van der Waals surface area contributed by atoms with Gasteiger partial charge in [0.25, 0.3) is 0 Å². The van der Waals surface area contributed by atoms with Crippen molar-refractivity contribution in [3.05, 3.63) is 17.7 Å². The van der Waals surface area contributed by atoms with E-state index in [0.29, 0.717) is 19.1 Å². The number of aromatic nitrogens is 1. The lowest BCUT2D eigenvalue weighted by Crippen LogP contribution is -2.13. The molecular weight excluding hydrogens is 228 g/mol. The molecule has 1 heterocycles. The molecule has 94 valence electrons. The Hall–Kier alpha value is -1.43. The zero-order valence-corrected chi connectivity index (χ0v) is 9.38. The average Bonchev–Trinajstić information content (AvgIpc) is 3.08. The van der Waals surface area contributed by atoms with E-state index in [2.05, 4.69) is 10.3 Å². The van der Waals surface area contributed by atoms with Gasteiger partial charge in [0.1, 0.15) is 0 Å². The van der Waals surface area contributed by atoms with Crippen molar-refractivity contribution in [2.75, 3.05) is 30.8 Å². The summed E-state index contributed by atoms with van der Waals surface area (Å²) < 4.78 is 31.4. The number of pyridine rings is 1. The Morgan fingerprint density at radius 1 is 1.41 bits per heavy atom. The normalized spacial score (nSPS) is 14.9. The highest BCUT2D eigenvalue weighted by molar-refractivity contribution is 5.44. The largest absolute Gasteiger partial charge is 0.381 e. The molecule has 0 aromatic carbocycles. The van der Waals surface area contributed by atoms with E-state index in [4.69, 9.17) is 10.5 Å². The van der Waals surface area contributed by atoms with Crippen LogP contribution in [0.25, 0.3) is 0 Å². The first-order chi connectivity index (χ1) is 8.16. The standard InChI is InChI=1S/C11H15F2N3O/c12-8-5-9(13)11(16-10(8)14)15-3-4-17-6-7-1-2-7/h5,7H,1-4,6H2,(H3,14,15,16). The van der Waals surface area contributed by atoms with Crippen molar-refractivity contribution in [2.24, 2.45) is 5.92 Å². The summed E-state index contributed by atoms with van der Waals surface area (Å²) in [6.07, 6.45) is 2.47. The Labute approximate surface area is 98.2 Å². The maximum absolute atomic E-state index is 13.2. The molecule has 0 aliphatic heterocycles. The first-order valence-corrected chi connectivity index (χ1v) is 5.60. The number of anilines is 2. The fourth-order valence-corrected chi connectivity index (χ4v) is 1.38. The molecule has 0 spiro atoms. The predicted octanol–water partition coefficient (Wildman–Crippen LogP) is 1.78. The number of hydrogen-bond donors (Lipinski definition) is 2. The van der Waals surface area contributed by atoms with E-state index >= 15 is 0 Å². The van der Waals surface area contributed by atoms with Gasteiger partial charge in [-0.3, -0.25) is 0 Å². The third-order valence-electron chi connectivity index (χ3n) is 2.55. The summed E-state index contributed by atoms with van der Waals surface area (Å²) in [6.45, 7) is 1.64.